The first kappa shape index (κ1) is 17.5. The molecule has 124 valence electrons. The summed E-state index contributed by atoms with van der Waals surface area (Å²) in [6.45, 7) is 5.65. The third-order valence-corrected chi connectivity index (χ3v) is 3.51. The Labute approximate surface area is 143 Å². The van der Waals surface area contributed by atoms with E-state index in [-0.39, 0.29) is 11.9 Å². The maximum absolute atomic E-state index is 12.5. The zero-order valence-corrected chi connectivity index (χ0v) is 14.1. The summed E-state index contributed by atoms with van der Waals surface area (Å²) in [4.78, 5) is 12.5. The van der Waals surface area contributed by atoms with Crippen molar-refractivity contribution in [1.82, 2.24) is 0 Å². The van der Waals surface area contributed by atoms with Gasteiger partial charge in [0.05, 0.1) is 12.7 Å². The molecule has 0 amide bonds. The maximum atomic E-state index is 12.5. The Hall–Kier alpha value is -2.81. The van der Waals surface area contributed by atoms with Crippen molar-refractivity contribution < 1.29 is 14.3 Å². The number of rotatable bonds is 7. The number of fused-ring (bicyclic) bond motifs is 1. The minimum absolute atomic E-state index is 0.146. The van der Waals surface area contributed by atoms with Crippen LogP contribution < -0.4 is 4.74 Å². The molecule has 24 heavy (non-hydrogen) atoms. The van der Waals surface area contributed by atoms with Gasteiger partial charge in [0.1, 0.15) is 17.6 Å². The van der Waals surface area contributed by atoms with Gasteiger partial charge < -0.3 is 9.47 Å². The topological polar surface area (TPSA) is 35.5 Å². The second-order valence-electron chi connectivity index (χ2n) is 5.20. The van der Waals surface area contributed by atoms with E-state index in [9.17, 15) is 4.79 Å². The lowest BCUT2D eigenvalue weighted by Gasteiger charge is -2.18. The number of benzene rings is 1. The second-order valence-corrected chi connectivity index (χ2v) is 5.20. The van der Waals surface area contributed by atoms with Gasteiger partial charge >= 0.3 is 0 Å². The average Bonchev–Trinajstić information content (AvgIpc) is 2.62. The summed E-state index contributed by atoms with van der Waals surface area (Å²) >= 11 is 0. The first-order valence-corrected chi connectivity index (χ1v) is 7.93. The van der Waals surface area contributed by atoms with Gasteiger partial charge in [-0.15, -0.1) is 0 Å². The molecular formula is C21H22O3. The van der Waals surface area contributed by atoms with Crippen LogP contribution in [-0.2, 0) is 9.53 Å². The van der Waals surface area contributed by atoms with E-state index in [1.807, 2.05) is 49.4 Å². The number of para-hydroxylation sites is 1. The van der Waals surface area contributed by atoms with Crippen LogP contribution in [0.25, 0.3) is 6.08 Å². The van der Waals surface area contributed by atoms with E-state index in [4.69, 9.17) is 9.47 Å². The summed E-state index contributed by atoms with van der Waals surface area (Å²) in [5, 5.41) is 0. The highest BCUT2D eigenvalue weighted by Gasteiger charge is 2.14. The van der Waals surface area contributed by atoms with Gasteiger partial charge in [-0.3, -0.25) is 4.79 Å². The number of carbonyl (C=O) groups is 1. The summed E-state index contributed by atoms with van der Waals surface area (Å²) in [6.07, 6.45) is 12.8. The maximum Gasteiger partial charge on any atom is 0.189 e. The fraction of sp³-hybridized carbons (Fsp3) is 0.190. The molecular weight excluding hydrogens is 300 g/mol. The lowest BCUT2D eigenvalue weighted by atomic mass is 10.1. The monoisotopic (exact) mass is 322 g/mol. The summed E-state index contributed by atoms with van der Waals surface area (Å²) < 4.78 is 11.2. The SMILES string of the molecule is C=C/C=C(C(=O)/C=C/C1C=Cc2ccccc2O1)\C(=C/CC)OC. The van der Waals surface area contributed by atoms with Crippen molar-refractivity contribution >= 4 is 11.9 Å². The number of hydrogen-bond acceptors (Lipinski definition) is 3. The molecule has 1 aromatic rings. The highest BCUT2D eigenvalue weighted by atomic mass is 16.5. The van der Waals surface area contributed by atoms with E-state index in [2.05, 4.69) is 6.58 Å². The number of allylic oxidation sites excluding steroid dienone is 5. The van der Waals surface area contributed by atoms with Gasteiger partial charge in [-0.25, -0.2) is 0 Å². The van der Waals surface area contributed by atoms with Gasteiger partial charge in [0.15, 0.2) is 5.78 Å². The fourth-order valence-corrected chi connectivity index (χ4v) is 2.38. The minimum Gasteiger partial charge on any atom is -0.496 e. The molecule has 0 spiro atoms. The molecule has 1 atom stereocenters. The summed E-state index contributed by atoms with van der Waals surface area (Å²) in [5.41, 5.74) is 1.51. The van der Waals surface area contributed by atoms with Crippen LogP contribution in [0.3, 0.4) is 0 Å². The van der Waals surface area contributed by atoms with E-state index in [0.717, 1.165) is 17.7 Å². The molecule has 0 aromatic heterocycles. The molecule has 0 aliphatic carbocycles. The largest absolute Gasteiger partial charge is 0.496 e. The van der Waals surface area contributed by atoms with Gasteiger partial charge in [0.25, 0.3) is 0 Å². The van der Waals surface area contributed by atoms with Gasteiger partial charge in [-0.05, 0) is 42.9 Å². The third-order valence-electron chi connectivity index (χ3n) is 3.51. The van der Waals surface area contributed by atoms with Crippen molar-refractivity contribution in [3.05, 3.63) is 84.2 Å². The Balaban J connectivity index is 2.13. The first-order chi connectivity index (χ1) is 11.7. The van der Waals surface area contributed by atoms with Gasteiger partial charge in [0, 0.05) is 5.56 Å². The van der Waals surface area contributed by atoms with Crippen LogP contribution in [0.4, 0.5) is 0 Å². The number of hydrogen-bond donors (Lipinski definition) is 0. The summed E-state index contributed by atoms with van der Waals surface area (Å²) in [6, 6.07) is 7.79. The molecule has 0 radical (unpaired) electrons. The van der Waals surface area contributed by atoms with E-state index in [1.54, 1.807) is 25.3 Å². The highest BCUT2D eigenvalue weighted by Crippen LogP contribution is 2.25. The zero-order chi connectivity index (χ0) is 17.4. The van der Waals surface area contributed by atoms with Crippen molar-refractivity contribution in [2.45, 2.75) is 19.4 Å². The van der Waals surface area contributed by atoms with E-state index < -0.39 is 0 Å². The first-order valence-electron chi connectivity index (χ1n) is 7.93. The molecule has 1 aromatic carbocycles. The number of ether oxygens (including phenoxy) is 2. The standard InChI is InChI=1S/C21H22O3/c1-4-8-18(21(23-3)9-5-2)19(22)15-14-17-13-12-16-10-6-7-11-20(16)24-17/h4,6-15,17H,1,5H2,2-3H3/b15-14+,18-8-,21-9+. The fourth-order valence-electron chi connectivity index (χ4n) is 2.38. The molecule has 3 nitrogen and oxygen atoms in total. The predicted octanol–water partition coefficient (Wildman–Crippen LogP) is 4.64. The van der Waals surface area contributed by atoms with Crippen LogP contribution in [0, 0.1) is 0 Å². The molecule has 1 unspecified atom stereocenters. The van der Waals surface area contributed by atoms with Crippen molar-refractivity contribution in [2.75, 3.05) is 7.11 Å². The van der Waals surface area contributed by atoms with Gasteiger partial charge in [-0.2, -0.15) is 0 Å². The molecule has 2 rings (SSSR count). The summed E-state index contributed by atoms with van der Waals surface area (Å²) in [7, 11) is 1.55. The Morgan fingerprint density at radius 2 is 2.17 bits per heavy atom. The number of methoxy groups -OCH3 is 1. The predicted molar refractivity (Wildman–Crippen MR) is 97.7 cm³/mol. The molecule has 1 heterocycles. The normalized spacial score (nSPS) is 17.3. The second kappa shape index (κ2) is 8.73. The molecule has 0 N–H and O–H groups in total. The van der Waals surface area contributed by atoms with Crippen molar-refractivity contribution in [2.24, 2.45) is 0 Å². The zero-order valence-electron chi connectivity index (χ0n) is 14.1. The number of ketones is 1. The smallest absolute Gasteiger partial charge is 0.189 e. The highest BCUT2D eigenvalue weighted by molar-refractivity contribution is 6.07. The van der Waals surface area contributed by atoms with Crippen LogP contribution in [0.5, 0.6) is 5.75 Å². The van der Waals surface area contributed by atoms with Crippen molar-refractivity contribution in [3.8, 4) is 5.75 Å². The van der Waals surface area contributed by atoms with Crippen LogP contribution in [0.1, 0.15) is 18.9 Å². The van der Waals surface area contributed by atoms with Crippen LogP contribution >= 0.6 is 0 Å². The summed E-state index contributed by atoms with van der Waals surface area (Å²) in [5.74, 6) is 1.22. The molecule has 1 aliphatic rings. The van der Waals surface area contributed by atoms with Gasteiger partial charge in [-0.1, -0.05) is 43.9 Å². The quantitative estimate of drug-likeness (QED) is 0.417. The lowest BCUT2D eigenvalue weighted by Crippen LogP contribution is -2.15. The minimum atomic E-state index is -0.269. The Morgan fingerprint density at radius 3 is 2.88 bits per heavy atom. The molecule has 1 aliphatic heterocycles. The molecule has 0 fully saturated rings. The van der Waals surface area contributed by atoms with E-state index >= 15 is 0 Å². The van der Waals surface area contributed by atoms with Crippen molar-refractivity contribution in [3.63, 3.8) is 0 Å². The molecule has 0 saturated carbocycles. The van der Waals surface area contributed by atoms with Crippen LogP contribution in [0.2, 0.25) is 0 Å². The molecule has 0 saturated heterocycles. The Bertz CT molecular complexity index is 720. The van der Waals surface area contributed by atoms with E-state index in [1.165, 1.54) is 6.08 Å². The van der Waals surface area contributed by atoms with Gasteiger partial charge in [0.2, 0.25) is 0 Å². The van der Waals surface area contributed by atoms with Crippen LogP contribution in [0.15, 0.2) is 78.6 Å². The Morgan fingerprint density at radius 1 is 1.38 bits per heavy atom. The third kappa shape index (κ3) is 4.35. The van der Waals surface area contributed by atoms with Crippen molar-refractivity contribution in [1.29, 1.82) is 0 Å². The molecule has 0 bridgehead atoms. The van der Waals surface area contributed by atoms with Crippen LogP contribution in [-0.4, -0.2) is 19.0 Å². The average molecular weight is 322 g/mol. The number of carbonyl (C=O) groups excluding carboxylic acids is 1. The lowest BCUT2D eigenvalue weighted by molar-refractivity contribution is -0.111. The van der Waals surface area contributed by atoms with E-state index in [0.29, 0.717) is 11.3 Å². The Kier molecular flexibility index (Phi) is 6.38. The molecule has 3 heteroatoms.